The highest BCUT2D eigenvalue weighted by Crippen LogP contribution is 2.26. The Morgan fingerprint density at radius 1 is 0.909 bits per heavy atom. The van der Waals surface area contributed by atoms with Crippen molar-refractivity contribution in [3.05, 3.63) is 88.2 Å². The number of nitrogens with one attached hydrogen (secondary N) is 1. The van der Waals surface area contributed by atoms with Gasteiger partial charge in [-0.15, -0.1) is 0 Å². The van der Waals surface area contributed by atoms with E-state index in [1.165, 1.54) is 22.5 Å². The third kappa shape index (κ3) is 5.14. The largest absolute Gasteiger partial charge is 0.369 e. The maximum absolute atomic E-state index is 14.7. The summed E-state index contributed by atoms with van der Waals surface area (Å²) in [6.07, 6.45) is 0. The average Bonchev–Trinajstić information content (AvgIpc) is 2.80. The van der Waals surface area contributed by atoms with E-state index in [9.17, 15) is 17.6 Å². The molecular weight excluding hydrogens is 488 g/mol. The van der Waals surface area contributed by atoms with Crippen molar-refractivity contribution >= 4 is 50.5 Å². The number of carbonyl (C=O) groups excluding carboxylic acids is 1. The van der Waals surface area contributed by atoms with Crippen LogP contribution in [0.2, 0.25) is 10.0 Å². The van der Waals surface area contributed by atoms with Gasteiger partial charge < -0.3 is 10.2 Å². The summed E-state index contributed by atoms with van der Waals surface area (Å²) in [4.78, 5) is 14.3. The molecule has 1 saturated heterocycles. The first-order valence-electron chi connectivity index (χ1n) is 10.1. The van der Waals surface area contributed by atoms with Gasteiger partial charge in [0.25, 0.3) is 5.91 Å². The molecule has 0 radical (unpaired) electrons. The van der Waals surface area contributed by atoms with Crippen molar-refractivity contribution in [2.24, 2.45) is 0 Å². The number of sulfonamides is 1. The first kappa shape index (κ1) is 23.5. The molecule has 4 rings (SSSR count). The predicted molar refractivity (Wildman–Crippen MR) is 128 cm³/mol. The molecule has 0 aliphatic carbocycles. The summed E-state index contributed by atoms with van der Waals surface area (Å²) >= 11 is 12.0. The first-order valence-corrected chi connectivity index (χ1v) is 12.3. The number of piperazine rings is 1. The molecule has 0 bridgehead atoms. The molecule has 0 unspecified atom stereocenters. The molecule has 1 heterocycles. The van der Waals surface area contributed by atoms with E-state index >= 15 is 0 Å². The Morgan fingerprint density at radius 2 is 1.64 bits per heavy atom. The second-order valence-corrected chi connectivity index (χ2v) is 10.2. The topological polar surface area (TPSA) is 69.7 Å². The third-order valence-electron chi connectivity index (χ3n) is 5.36. The van der Waals surface area contributed by atoms with Crippen LogP contribution in [-0.4, -0.2) is 44.8 Å². The minimum Gasteiger partial charge on any atom is -0.369 e. The van der Waals surface area contributed by atoms with Gasteiger partial charge in [0.05, 0.1) is 21.2 Å². The van der Waals surface area contributed by atoms with E-state index in [2.05, 4.69) is 5.32 Å². The lowest BCUT2D eigenvalue weighted by atomic mass is 10.2. The van der Waals surface area contributed by atoms with Gasteiger partial charge in [-0.1, -0.05) is 41.4 Å². The monoisotopic (exact) mass is 507 g/mol. The molecule has 3 aromatic carbocycles. The van der Waals surface area contributed by atoms with Gasteiger partial charge in [-0.3, -0.25) is 4.79 Å². The molecule has 0 atom stereocenters. The Hall–Kier alpha value is -2.65. The quantitative estimate of drug-likeness (QED) is 0.533. The summed E-state index contributed by atoms with van der Waals surface area (Å²) in [7, 11) is -3.90. The summed E-state index contributed by atoms with van der Waals surface area (Å²) in [6, 6.07) is 17.2. The fraction of sp³-hybridized carbons (Fsp3) is 0.174. The zero-order valence-corrected chi connectivity index (χ0v) is 19.7. The lowest BCUT2D eigenvalue weighted by molar-refractivity contribution is 0.102. The summed E-state index contributed by atoms with van der Waals surface area (Å²) in [5, 5.41) is 3.27. The predicted octanol–water partition coefficient (Wildman–Crippen LogP) is 4.90. The Bertz CT molecular complexity index is 1300. The number of benzene rings is 3. The van der Waals surface area contributed by atoms with Gasteiger partial charge in [-0.25, -0.2) is 12.8 Å². The van der Waals surface area contributed by atoms with Gasteiger partial charge in [0.15, 0.2) is 0 Å². The zero-order valence-electron chi connectivity index (χ0n) is 17.3. The minimum atomic E-state index is -3.90. The Labute approximate surface area is 201 Å². The molecule has 33 heavy (non-hydrogen) atoms. The number of anilines is 2. The van der Waals surface area contributed by atoms with E-state index in [0.717, 1.165) is 11.8 Å². The second-order valence-electron chi connectivity index (χ2n) is 7.45. The molecule has 1 aliphatic rings. The number of nitrogens with zero attached hydrogens (tertiary/aromatic N) is 2. The molecule has 0 saturated carbocycles. The molecule has 3 aromatic rings. The standard InChI is InChI=1S/C23H20Cl2FN3O3S/c24-16-4-3-5-17(14-16)28-10-12-29(13-11-28)33(31,32)18-8-9-22(21(26)15-18)27-23(30)19-6-1-2-7-20(19)25/h1-9,14-15H,10-13H2,(H,27,30). The highest BCUT2D eigenvalue weighted by molar-refractivity contribution is 7.89. The maximum Gasteiger partial charge on any atom is 0.257 e. The molecule has 10 heteroatoms. The van der Waals surface area contributed by atoms with E-state index in [-0.39, 0.29) is 34.3 Å². The number of amides is 1. The smallest absolute Gasteiger partial charge is 0.257 e. The summed E-state index contributed by atoms with van der Waals surface area (Å²) in [5.74, 6) is -1.44. The van der Waals surface area contributed by atoms with Crippen molar-refractivity contribution in [3.63, 3.8) is 0 Å². The normalized spacial score (nSPS) is 14.8. The lowest BCUT2D eigenvalue weighted by Crippen LogP contribution is -2.48. The van der Waals surface area contributed by atoms with Crippen LogP contribution in [0.4, 0.5) is 15.8 Å². The van der Waals surface area contributed by atoms with E-state index in [0.29, 0.717) is 18.1 Å². The van der Waals surface area contributed by atoms with E-state index in [1.807, 2.05) is 23.1 Å². The lowest BCUT2D eigenvalue weighted by Gasteiger charge is -2.35. The molecule has 172 valence electrons. The van der Waals surface area contributed by atoms with Crippen LogP contribution in [0.5, 0.6) is 0 Å². The first-order chi connectivity index (χ1) is 15.8. The molecular formula is C23H20Cl2FN3O3S. The summed E-state index contributed by atoms with van der Waals surface area (Å²) in [6.45, 7) is 1.46. The van der Waals surface area contributed by atoms with Crippen molar-refractivity contribution < 1.29 is 17.6 Å². The van der Waals surface area contributed by atoms with Crippen LogP contribution >= 0.6 is 23.2 Å². The fourth-order valence-electron chi connectivity index (χ4n) is 3.60. The number of rotatable bonds is 5. The van der Waals surface area contributed by atoms with E-state index in [1.54, 1.807) is 24.3 Å². The molecule has 1 fully saturated rings. The molecule has 0 spiro atoms. The van der Waals surface area contributed by atoms with Crippen LogP contribution in [0.25, 0.3) is 0 Å². The van der Waals surface area contributed by atoms with Crippen LogP contribution in [-0.2, 0) is 10.0 Å². The van der Waals surface area contributed by atoms with E-state index < -0.39 is 21.7 Å². The van der Waals surface area contributed by atoms with Crippen LogP contribution in [0.15, 0.2) is 71.6 Å². The maximum atomic E-state index is 14.7. The second kappa shape index (κ2) is 9.69. The van der Waals surface area contributed by atoms with Gasteiger partial charge >= 0.3 is 0 Å². The molecule has 0 aromatic heterocycles. The van der Waals surface area contributed by atoms with Crippen LogP contribution < -0.4 is 10.2 Å². The van der Waals surface area contributed by atoms with Gasteiger partial charge in [0.2, 0.25) is 10.0 Å². The van der Waals surface area contributed by atoms with Crippen molar-refractivity contribution in [1.29, 1.82) is 0 Å². The SMILES string of the molecule is O=C(Nc1ccc(S(=O)(=O)N2CCN(c3cccc(Cl)c3)CC2)cc1F)c1ccccc1Cl. The van der Waals surface area contributed by atoms with Crippen molar-refractivity contribution in [2.45, 2.75) is 4.90 Å². The minimum absolute atomic E-state index is 0.135. The van der Waals surface area contributed by atoms with Gasteiger partial charge in [0, 0.05) is 36.9 Å². The van der Waals surface area contributed by atoms with Crippen molar-refractivity contribution in [3.8, 4) is 0 Å². The van der Waals surface area contributed by atoms with Gasteiger partial charge in [-0.2, -0.15) is 4.31 Å². The third-order valence-corrected chi connectivity index (χ3v) is 7.82. The number of carbonyl (C=O) groups is 1. The Kier molecular flexibility index (Phi) is 6.90. The van der Waals surface area contributed by atoms with Crippen LogP contribution in [0.1, 0.15) is 10.4 Å². The number of hydrogen-bond donors (Lipinski definition) is 1. The molecule has 1 amide bonds. The number of hydrogen-bond acceptors (Lipinski definition) is 4. The average molecular weight is 508 g/mol. The highest BCUT2D eigenvalue weighted by Gasteiger charge is 2.29. The number of halogens is 3. The van der Waals surface area contributed by atoms with Crippen molar-refractivity contribution in [1.82, 2.24) is 4.31 Å². The summed E-state index contributed by atoms with van der Waals surface area (Å²) in [5.41, 5.74) is 0.974. The van der Waals surface area contributed by atoms with E-state index in [4.69, 9.17) is 23.2 Å². The van der Waals surface area contributed by atoms with Crippen LogP contribution in [0, 0.1) is 5.82 Å². The molecule has 1 aliphatic heterocycles. The summed E-state index contributed by atoms with van der Waals surface area (Å²) < 4.78 is 42.1. The Balaban J connectivity index is 1.46. The molecule has 1 N–H and O–H groups in total. The molecule has 6 nitrogen and oxygen atoms in total. The fourth-order valence-corrected chi connectivity index (χ4v) is 5.44. The highest BCUT2D eigenvalue weighted by atomic mass is 35.5. The zero-order chi connectivity index (χ0) is 23.6. The van der Waals surface area contributed by atoms with Crippen LogP contribution in [0.3, 0.4) is 0 Å². The van der Waals surface area contributed by atoms with Gasteiger partial charge in [-0.05, 0) is 48.5 Å². The Morgan fingerprint density at radius 3 is 2.30 bits per heavy atom. The van der Waals surface area contributed by atoms with Gasteiger partial charge in [0.1, 0.15) is 5.82 Å². The van der Waals surface area contributed by atoms with Crippen molar-refractivity contribution in [2.75, 3.05) is 36.4 Å².